The Labute approximate surface area is 139 Å². The minimum atomic E-state index is -0.872. The summed E-state index contributed by atoms with van der Waals surface area (Å²) < 4.78 is 1.69. The fraction of sp³-hybridized carbons (Fsp3) is 0.412. The number of hydrogen-bond acceptors (Lipinski definition) is 4. The van der Waals surface area contributed by atoms with Gasteiger partial charge in [0.15, 0.2) is 0 Å². The van der Waals surface area contributed by atoms with Crippen LogP contribution in [0.2, 0.25) is 0 Å². The maximum absolute atomic E-state index is 12.8. The molecule has 126 valence electrons. The van der Waals surface area contributed by atoms with Gasteiger partial charge in [0.05, 0.1) is 17.7 Å². The third-order valence-electron chi connectivity index (χ3n) is 4.41. The number of carboxylic acids is 1. The number of likely N-dealkylation sites (tertiary alicyclic amines) is 1. The zero-order valence-corrected chi connectivity index (χ0v) is 13.7. The van der Waals surface area contributed by atoms with E-state index in [1.165, 1.54) is 6.20 Å². The van der Waals surface area contributed by atoms with Crippen molar-refractivity contribution < 1.29 is 14.7 Å². The molecule has 24 heavy (non-hydrogen) atoms. The first-order valence-corrected chi connectivity index (χ1v) is 7.86. The number of rotatable bonds is 3. The molecule has 1 N–H and O–H groups in total. The van der Waals surface area contributed by atoms with Crippen LogP contribution in [-0.4, -0.2) is 49.7 Å². The van der Waals surface area contributed by atoms with Gasteiger partial charge in [-0.2, -0.15) is 5.10 Å². The number of aromatic nitrogens is 3. The molecule has 0 aromatic carbocycles. The molecule has 7 heteroatoms. The first kappa shape index (κ1) is 16.2. The number of aliphatic carboxylic acids is 1. The van der Waals surface area contributed by atoms with Crippen LogP contribution in [0, 0.1) is 12.8 Å². The molecule has 0 spiro atoms. The average molecular weight is 328 g/mol. The molecule has 2 unspecified atom stereocenters. The van der Waals surface area contributed by atoms with Gasteiger partial charge in [0, 0.05) is 44.6 Å². The van der Waals surface area contributed by atoms with E-state index in [2.05, 4.69) is 10.1 Å². The quantitative estimate of drug-likeness (QED) is 0.921. The second kappa shape index (κ2) is 6.43. The Morgan fingerprint density at radius 3 is 2.67 bits per heavy atom. The molecule has 2 atom stereocenters. The molecule has 0 radical (unpaired) electrons. The lowest BCUT2D eigenvalue weighted by atomic mass is 9.85. The number of amides is 1. The van der Waals surface area contributed by atoms with E-state index in [1.54, 1.807) is 28.0 Å². The van der Waals surface area contributed by atoms with E-state index in [4.69, 9.17) is 0 Å². The lowest BCUT2D eigenvalue weighted by Crippen LogP contribution is -2.45. The number of nitrogens with zero attached hydrogens (tertiary/aromatic N) is 4. The molecule has 1 aliphatic rings. The standard InChI is InChI=1S/C17H20N4O3/c1-11-3-12(6-18-5-11)16(22)21-9-13(4-14(10-21)17(23)24)15-7-19-20(2)8-15/h3,5-8,13-14H,4,9-10H2,1-2H3,(H,23,24). The van der Waals surface area contributed by atoms with E-state index >= 15 is 0 Å². The Balaban J connectivity index is 1.86. The minimum Gasteiger partial charge on any atom is -0.481 e. The van der Waals surface area contributed by atoms with E-state index in [9.17, 15) is 14.7 Å². The van der Waals surface area contributed by atoms with Crippen molar-refractivity contribution in [3.8, 4) is 0 Å². The molecule has 2 aromatic rings. The highest BCUT2D eigenvalue weighted by Gasteiger charge is 2.35. The molecule has 0 aliphatic carbocycles. The van der Waals surface area contributed by atoms with Crippen molar-refractivity contribution in [2.75, 3.05) is 13.1 Å². The van der Waals surface area contributed by atoms with E-state index in [0.717, 1.165) is 11.1 Å². The van der Waals surface area contributed by atoms with Crippen molar-refractivity contribution in [2.45, 2.75) is 19.3 Å². The molecule has 7 nitrogen and oxygen atoms in total. The molecule has 3 rings (SSSR count). The molecular weight excluding hydrogens is 308 g/mol. The second-order valence-corrected chi connectivity index (χ2v) is 6.38. The number of hydrogen-bond donors (Lipinski definition) is 1. The van der Waals surface area contributed by atoms with Crippen LogP contribution in [0.5, 0.6) is 0 Å². The first-order chi connectivity index (χ1) is 11.4. The number of pyridine rings is 1. The van der Waals surface area contributed by atoms with Gasteiger partial charge in [-0.3, -0.25) is 19.3 Å². The van der Waals surface area contributed by atoms with Crippen molar-refractivity contribution in [3.05, 3.63) is 47.5 Å². The Kier molecular flexibility index (Phi) is 4.33. The summed E-state index contributed by atoms with van der Waals surface area (Å²) >= 11 is 0. The smallest absolute Gasteiger partial charge is 0.308 e. The van der Waals surface area contributed by atoms with Gasteiger partial charge in [-0.1, -0.05) is 0 Å². The van der Waals surface area contributed by atoms with Crippen molar-refractivity contribution in [1.29, 1.82) is 0 Å². The molecule has 3 heterocycles. The van der Waals surface area contributed by atoms with E-state index in [1.807, 2.05) is 20.2 Å². The highest BCUT2D eigenvalue weighted by molar-refractivity contribution is 5.94. The summed E-state index contributed by atoms with van der Waals surface area (Å²) in [5.74, 6) is -1.66. The topological polar surface area (TPSA) is 88.3 Å². The van der Waals surface area contributed by atoms with Crippen LogP contribution in [0.25, 0.3) is 0 Å². The summed E-state index contributed by atoms with van der Waals surface area (Å²) in [6.07, 6.45) is 7.35. The van der Waals surface area contributed by atoms with E-state index in [-0.39, 0.29) is 18.4 Å². The maximum Gasteiger partial charge on any atom is 0.308 e. The average Bonchev–Trinajstić information content (AvgIpc) is 3.00. The molecule has 1 fully saturated rings. The van der Waals surface area contributed by atoms with Crippen LogP contribution < -0.4 is 0 Å². The molecular formula is C17H20N4O3. The number of carbonyl (C=O) groups excluding carboxylic acids is 1. The van der Waals surface area contributed by atoms with Gasteiger partial charge in [-0.15, -0.1) is 0 Å². The molecule has 2 aromatic heterocycles. The predicted molar refractivity (Wildman–Crippen MR) is 86.6 cm³/mol. The SMILES string of the molecule is Cc1cncc(C(=O)N2CC(C(=O)O)CC(c3cnn(C)c3)C2)c1. The van der Waals surface area contributed by atoms with Crippen LogP contribution in [0.4, 0.5) is 0 Å². The Morgan fingerprint density at radius 1 is 1.25 bits per heavy atom. The summed E-state index contributed by atoms with van der Waals surface area (Å²) in [6, 6.07) is 1.78. The zero-order valence-electron chi connectivity index (χ0n) is 13.7. The summed E-state index contributed by atoms with van der Waals surface area (Å²) in [5, 5.41) is 13.6. The third kappa shape index (κ3) is 3.29. The second-order valence-electron chi connectivity index (χ2n) is 6.38. The molecule has 0 saturated carbocycles. The van der Waals surface area contributed by atoms with Gasteiger partial charge < -0.3 is 10.0 Å². The van der Waals surface area contributed by atoms with Crippen LogP contribution >= 0.6 is 0 Å². The molecule has 1 saturated heterocycles. The van der Waals surface area contributed by atoms with Crippen molar-refractivity contribution in [3.63, 3.8) is 0 Å². The Hall–Kier alpha value is -2.70. The Bertz CT molecular complexity index is 771. The lowest BCUT2D eigenvalue weighted by Gasteiger charge is -2.36. The first-order valence-electron chi connectivity index (χ1n) is 7.86. The van der Waals surface area contributed by atoms with Gasteiger partial charge in [-0.05, 0) is 30.5 Å². The van der Waals surface area contributed by atoms with Crippen LogP contribution in [0.15, 0.2) is 30.9 Å². The molecule has 0 bridgehead atoms. The van der Waals surface area contributed by atoms with Crippen molar-refractivity contribution in [2.24, 2.45) is 13.0 Å². The van der Waals surface area contributed by atoms with Crippen molar-refractivity contribution >= 4 is 11.9 Å². The lowest BCUT2D eigenvalue weighted by molar-refractivity contribution is -0.143. The van der Waals surface area contributed by atoms with E-state index < -0.39 is 11.9 Å². The Morgan fingerprint density at radius 2 is 2.04 bits per heavy atom. The molecule has 1 aliphatic heterocycles. The highest BCUT2D eigenvalue weighted by atomic mass is 16.4. The largest absolute Gasteiger partial charge is 0.481 e. The normalized spacial score (nSPS) is 20.8. The predicted octanol–water partition coefficient (Wildman–Crippen LogP) is 1.45. The number of carboxylic acid groups (broad SMARTS) is 1. The number of aryl methyl sites for hydroxylation is 2. The van der Waals surface area contributed by atoms with Crippen LogP contribution in [0.1, 0.15) is 33.8 Å². The van der Waals surface area contributed by atoms with Crippen LogP contribution in [0.3, 0.4) is 0 Å². The minimum absolute atomic E-state index is 0.0322. The number of piperidine rings is 1. The fourth-order valence-corrected chi connectivity index (χ4v) is 3.19. The van der Waals surface area contributed by atoms with Crippen LogP contribution in [-0.2, 0) is 11.8 Å². The highest BCUT2D eigenvalue weighted by Crippen LogP contribution is 2.31. The monoisotopic (exact) mass is 328 g/mol. The van der Waals surface area contributed by atoms with Gasteiger partial charge >= 0.3 is 5.97 Å². The maximum atomic E-state index is 12.8. The summed E-state index contributed by atoms with van der Waals surface area (Å²) in [6.45, 7) is 2.58. The van der Waals surface area contributed by atoms with E-state index in [0.29, 0.717) is 18.5 Å². The van der Waals surface area contributed by atoms with Gasteiger partial charge in [0.25, 0.3) is 5.91 Å². The fourth-order valence-electron chi connectivity index (χ4n) is 3.19. The third-order valence-corrected chi connectivity index (χ3v) is 4.41. The zero-order chi connectivity index (χ0) is 17.3. The summed E-state index contributed by atoms with van der Waals surface area (Å²) in [4.78, 5) is 30.0. The number of carbonyl (C=O) groups is 2. The summed E-state index contributed by atoms with van der Waals surface area (Å²) in [5.41, 5.74) is 2.35. The molecule has 1 amide bonds. The van der Waals surface area contributed by atoms with Crippen molar-refractivity contribution in [1.82, 2.24) is 19.7 Å². The van der Waals surface area contributed by atoms with Gasteiger partial charge in [0.2, 0.25) is 0 Å². The summed E-state index contributed by atoms with van der Waals surface area (Å²) in [7, 11) is 1.82. The van der Waals surface area contributed by atoms with Gasteiger partial charge in [0.1, 0.15) is 0 Å². The van der Waals surface area contributed by atoms with Gasteiger partial charge in [-0.25, -0.2) is 0 Å².